The zero-order chi connectivity index (χ0) is 23.7. The van der Waals surface area contributed by atoms with E-state index in [4.69, 9.17) is 0 Å². The molecular formula is C29H29N3O2. The Labute approximate surface area is 199 Å². The monoisotopic (exact) mass is 451 g/mol. The molecule has 0 saturated carbocycles. The summed E-state index contributed by atoms with van der Waals surface area (Å²) in [7, 11) is 0. The Morgan fingerprint density at radius 3 is 2.44 bits per heavy atom. The molecule has 0 aliphatic carbocycles. The molecule has 3 aromatic carbocycles. The molecule has 0 fully saturated rings. The van der Waals surface area contributed by atoms with Gasteiger partial charge in [0.2, 0.25) is 5.91 Å². The highest BCUT2D eigenvalue weighted by molar-refractivity contribution is 6.03. The highest BCUT2D eigenvalue weighted by Gasteiger charge is 2.44. The molecule has 0 spiro atoms. The van der Waals surface area contributed by atoms with Crippen molar-refractivity contribution < 1.29 is 9.59 Å². The number of carbonyl (C=O) groups is 2. The average Bonchev–Trinajstić information content (AvgIpc) is 3.40. The number of carbonyl (C=O) groups excluding carboxylic acids is 2. The van der Waals surface area contributed by atoms with E-state index in [0.29, 0.717) is 18.5 Å². The van der Waals surface area contributed by atoms with Crippen LogP contribution in [-0.4, -0.2) is 27.7 Å². The van der Waals surface area contributed by atoms with Crippen molar-refractivity contribution in [2.24, 2.45) is 5.92 Å². The molecule has 34 heavy (non-hydrogen) atoms. The van der Waals surface area contributed by atoms with Gasteiger partial charge in [-0.1, -0.05) is 80.6 Å². The van der Waals surface area contributed by atoms with Gasteiger partial charge in [-0.15, -0.1) is 0 Å². The fourth-order valence-electron chi connectivity index (χ4n) is 4.99. The van der Waals surface area contributed by atoms with Crippen LogP contribution in [0.2, 0.25) is 0 Å². The van der Waals surface area contributed by atoms with Crippen LogP contribution < -0.4 is 5.32 Å². The van der Waals surface area contributed by atoms with Crippen molar-refractivity contribution in [3.63, 3.8) is 0 Å². The summed E-state index contributed by atoms with van der Waals surface area (Å²) in [6, 6.07) is 24.8. The number of amides is 2. The van der Waals surface area contributed by atoms with E-state index in [1.54, 1.807) is 4.90 Å². The Morgan fingerprint density at radius 1 is 0.941 bits per heavy atom. The standard InChI is InChI=1S/C29H29N3O2/c1-19(2)16-26(28(33)31-17-20-10-4-3-5-11-20)32-27(22-13-6-7-14-23(22)29(32)34)24-18-30-25-15-9-8-12-21(24)25/h3-15,18-19,26-27,30H,16-17H2,1-2H3,(H,31,33). The number of hydrogen-bond acceptors (Lipinski definition) is 2. The Kier molecular flexibility index (Phi) is 5.93. The van der Waals surface area contributed by atoms with Gasteiger partial charge in [0.1, 0.15) is 6.04 Å². The summed E-state index contributed by atoms with van der Waals surface area (Å²) in [5, 5.41) is 4.16. The molecule has 5 heteroatoms. The third-order valence-electron chi connectivity index (χ3n) is 6.56. The van der Waals surface area contributed by atoms with E-state index in [1.165, 1.54) is 0 Å². The molecule has 5 rings (SSSR count). The second-order valence-electron chi connectivity index (χ2n) is 9.34. The molecule has 0 radical (unpaired) electrons. The number of H-pyrrole nitrogens is 1. The van der Waals surface area contributed by atoms with Gasteiger partial charge in [0.25, 0.3) is 5.91 Å². The third kappa shape index (κ3) is 3.98. The fourth-order valence-corrected chi connectivity index (χ4v) is 4.99. The molecule has 2 amide bonds. The van der Waals surface area contributed by atoms with Crippen LogP contribution in [0, 0.1) is 5.92 Å². The lowest BCUT2D eigenvalue weighted by Crippen LogP contribution is -2.49. The first-order valence-corrected chi connectivity index (χ1v) is 11.8. The topological polar surface area (TPSA) is 65.2 Å². The predicted molar refractivity (Wildman–Crippen MR) is 134 cm³/mol. The van der Waals surface area contributed by atoms with Gasteiger partial charge in [0.05, 0.1) is 6.04 Å². The second kappa shape index (κ2) is 9.18. The Balaban J connectivity index is 1.56. The van der Waals surface area contributed by atoms with Crippen LogP contribution in [0.3, 0.4) is 0 Å². The summed E-state index contributed by atoms with van der Waals surface area (Å²) in [5.74, 6) is 0.0301. The van der Waals surface area contributed by atoms with Crippen LogP contribution in [0.25, 0.3) is 10.9 Å². The number of hydrogen-bond donors (Lipinski definition) is 2. The largest absolute Gasteiger partial charge is 0.361 e. The van der Waals surface area contributed by atoms with Gasteiger partial charge < -0.3 is 15.2 Å². The van der Waals surface area contributed by atoms with Gasteiger partial charge in [0.15, 0.2) is 0 Å². The molecule has 172 valence electrons. The summed E-state index contributed by atoms with van der Waals surface area (Å²) in [5.41, 5.74) is 4.68. The van der Waals surface area contributed by atoms with Crippen LogP contribution in [0.15, 0.2) is 85.1 Å². The molecule has 1 aliphatic rings. The molecule has 2 atom stereocenters. The van der Waals surface area contributed by atoms with E-state index in [-0.39, 0.29) is 23.8 Å². The lowest BCUT2D eigenvalue weighted by molar-refractivity contribution is -0.126. The van der Waals surface area contributed by atoms with Crippen molar-refractivity contribution >= 4 is 22.7 Å². The minimum atomic E-state index is -0.581. The number of fused-ring (bicyclic) bond motifs is 2. The predicted octanol–water partition coefficient (Wildman–Crippen LogP) is 5.44. The normalized spacial score (nSPS) is 16.1. The maximum atomic E-state index is 13.8. The SMILES string of the molecule is CC(C)CC(C(=O)NCc1ccccc1)N1C(=O)c2ccccc2C1c1c[nH]c2ccccc12. The number of nitrogens with zero attached hydrogens (tertiary/aromatic N) is 1. The summed E-state index contributed by atoms with van der Waals surface area (Å²) in [6.07, 6.45) is 2.56. The molecule has 2 unspecified atom stereocenters. The van der Waals surface area contributed by atoms with Crippen molar-refractivity contribution in [2.75, 3.05) is 0 Å². The highest BCUT2D eigenvalue weighted by atomic mass is 16.2. The first-order valence-electron chi connectivity index (χ1n) is 11.8. The van der Waals surface area contributed by atoms with Gasteiger partial charge in [-0.25, -0.2) is 0 Å². The zero-order valence-electron chi connectivity index (χ0n) is 19.5. The molecule has 1 aliphatic heterocycles. The minimum Gasteiger partial charge on any atom is -0.361 e. The number of aromatic nitrogens is 1. The van der Waals surface area contributed by atoms with E-state index in [2.05, 4.69) is 30.2 Å². The summed E-state index contributed by atoms with van der Waals surface area (Å²) < 4.78 is 0. The third-order valence-corrected chi connectivity index (χ3v) is 6.56. The molecule has 2 N–H and O–H groups in total. The lowest BCUT2D eigenvalue weighted by atomic mass is 9.95. The van der Waals surface area contributed by atoms with E-state index >= 15 is 0 Å². The molecule has 0 saturated heterocycles. The van der Waals surface area contributed by atoms with Crippen molar-refractivity contribution in [1.82, 2.24) is 15.2 Å². The van der Waals surface area contributed by atoms with Crippen LogP contribution in [0.5, 0.6) is 0 Å². The van der Waals surface area contributed by atoms with Crippen molar-refractivity contribution in [1.29, 1.82) is 0 Å². The van der Waals surface area contributed by atoms with E-state index in [1.807, 2.05) is 79.0 Å². The Morgan fingerprint density at radius 2 is 1.65 bits per heavy atom. The van der Waals surface area contributed by atoms with Gasteiger partial charge in [-0.05, 0) is 35.6 Å². The van der Waals surface area contributed by atoms with E-state index in [0.717, 1.165) is 27.6 Å². The molecule has 1 aromatic heterocycles. The number of rotatable bonds is 7. The highest BCUT2D eigenvalue weighted by Crippen LogP contribution is 2.43. The van der Waals surface area contributed by atoms with Crippen LogP contribution in [0.4, 0.5) is 0 Å². The Bertz CT molecular complexity index is 1330. The quantitative estimate of drug-likeness (QED) is 0.393. The first kappa shape index (κ1) is 22.0. The maximum absolute atomic E-state index is 13.8. The van der Waals surface area contributed by atoms with Crippen LogP contribution in [-0.2, 0) is 11.3 Å². The van der Waals surface area contributed by atoms with Gasteiger partial charge >= 0.3 is 0 Å². The van der Waals surface area contributed by atoms with Crippen LogP contribution >= 0.6 is 0 Å². The van der Waals surface area contributed by atoms with E-state index in [9.17, 15) is 9.59 Å². The van der Waals surface area contributed by atoms with Crippen molar-refractivity contribution in [2.45, 2.75) is 38.9 Å². The van der Waals surface area contributed by atoms with Crippen LogP contribution in [0.1, 0.15) is 53.4 Å². The lowest BCUT2D eigenvalue weighted by Gasteiger charge is -2.34. The van der Waals surface area contributed by atoms with E-state index < -0.39 is 6.04 Å². The first-order chi connectivity index (χ1) is 16.5. The number of benzene rings is 3. The number of aromatic amines is 1. The van der Waals surface area contributed by atoms with Gasteiger partial charge in [-0.3, -0.25) is 9.59 Å². The smallest absolute Gasteiger partial charge is 0.255 e. The number of nitrogens with one attached hydrogen (secondary N) is 2. The zero-order valence-corrected chi connectivity index (χ0v) is 19.5. The maximum Gasteiger partial charge on any atom is 0.255 e. The van der Waals surface area contributed by atoms with Crippen molar-refractivity contribution in [3.05, 3.63) is 107 Å². The second-order valence-corrected chi connectivity index (χ2v) is 9.34. The fraction of sp³-hybridized carbons (Fsp3) is 0.241. The minimum absolute atomic E-state index is 0.0913. The summed E-state index contributed by atoms with van der Waals surface area (Å²) in [4.78, 5) is 32.5. The number of para-hydroxylation sites is 1. The molecular weight excluding hydrogens is 422 g/mol. The summed E-state index contributed by atoms with van der Waals surface area (Å²) >= 11 is 0. The molecule has 0 bridgehead atoms. The Hall–Kier alpha value is -3.86. The van der Waals surface area contributed by atoms with Crippen molar-refractivity contribution in [3.8, 4) is 0 Å². The van der Waals surface area contributed by atoms with Gasteiger partial charge in [-0.2, -0.15) is 0 Å². The summed E-state index contributed by atoms with van der Waals surface area (Å²) in [6.45, 7) is 4.61. The molecule has 5 nitrogen and oxygen atoms in total. The molecule has 4 aromatic rings. The average molecular weight is 452 g/mol. The van der Waals surface area contributed by atoms with Gasteiger partial charge in [0, 0.05) is 34.8 Å². The molecule has 2 heterocycles.